The third kappa shape index (κ3) is 4.34. The molecule has 6 heteroatoms. The van der Waals surface area contributed by atoms with Crippen LogP contribution in [-0.2, 0) is 4.79 Å². The Morgan fingerprint density at radius 1 is 1.22 bits per heavy atom. The molecular formula is C17H14ClNO4. The second-order valence-electron chi connectivity index (χ2n) is 4.58. The molecule has 1 amide bonds. The van der Waals surface area contributed by atoms with Crippen molar-refractivity contribution in [1.82, 2.24) is 0 Å². The lowest BCUT2D eigenvalue weighted by Gasteiger charge is -2.11. The van der Waals surface area contributed by atoms with Crippen LogP contribution in [0.4, 0.5) is 5.69 Å². The second-order valence-corrected chi connectivity index (χ2v) is 4.98. The van der Waals surface area contributed by atoms with Crippen LogP contribution in [0.5, 0.6) is 5.75 Å². The number of carbonyl (C=O) groups excluding carboxylic acids is 1. The second kappa shape index (κ2) is 7.47. The highest BCUT2D eigenvalue weighted by atomic mass is 35.5. The van der Waals surface area contributed by atoms with Crippen LogP contribution in [0, 0.1) is 0 Å². The van der Waals surface area contributed by atoms with E-state index < -0.39 is 11.9 Å². The largest absolute Gasteiger partial charge is 0.493 e. The zero-order chi connectivity index (χ0) is 16.8. The van der Waals surface area contributed by atoms with Crippen molar-refractivity contribution < 1.29 is 19.4 Å². The van der Waals surface area contributed by atoms with Crippen LogP contribution in [0.2, 0.25) is 5.02 Å². The molecule has 23 heavy (non-hydrogen) atoms. The number of carbonyl (C=O) groups is 2. The zero-order valence-electron chi connectivity index (χ0n) is 12.2. The van der Waals surface area contributed by atoms with E-state index in [4.69, 9.17) is 21.4 Å². The molecule has 0 saturated heterocycles. The minimum Gasteiger partial charge on any atom is -0.493 e. The van der Waals surface area contributed by atoms with Gasteiger partial charge in [-0.15, -0.1) is 0 Å². The Labute approximate surface area is 138 Å². The summed E-state index contributed by atoms with van der Waals surface area (Å²) in [6.45, 7) is 0. The molecule has 0 heterocycles. The number of hydrogen-bond donors (Lipinski definition) is 2. The zero-order valence-corrected chi connectivity index (χ0v) is 13.0. The van der Waals surface area contributed by atoms with Gasteiger partial charge in [0.15, 0.2) is 5.75 Å². The molecule has 0 aromatic heterocycles. The topological polar surface area (TPSA) is 75.6 Å². The highest BCUT2D eigenvalue weighted by Gasteiger charge is 2.15. The van der Waals surface area contributed by atoms with E-state index in [0.717, 1.165) is 5.56 Å². The molecule has 0 fully saturated rings. The molecule has 5 nitrogen and oxygen atoms in total. The lowest BCUT2D eigenvalue weighted by molar-refractivity contribution is -0.111. The van der Waals surface area contributed by atoms with Gasteiger partial charge in [0.2, 0.25) is 5.91 Å². The smallest absolute Gasteiger partial charge is 0.335 e. The van der Waals surface area contributed by atoms with Gasteiger partial charge >= 0.3 is 5.97 Å². The van der Waals surface area contributed by atoms with Gasteiger partial charge in [-0.25, -0.2) is 4.79 Å². The first-order valence-electron chi connectivity index (χ1n) is 6.66. The molecule has 0 aliphatic rings. The third-order valence-electron chi connectivity index (χ3n) is 2.98. The molecule has 0 spiro atoms. The van der Waals surface area contributed by atoms with E-state index in [1.165, 1.54) is 25.3 Å². The Bertz CT molecular complexity index is 757. The fourth-order valence-corrected chi connectivity index (χ4v) is 2.22. The molecule has 2 N–H and O–H groups in total. The SMILES string of the molecule is COc1c(Cl)cc(C(=O)O)cc1NC(=O)/C=C/c1ccccc1. The predicted molar refractivity (Wildman–Crippen MR) is 89.1 cm³/mol. The summed E-state index contributed by atoms with van der Waals surface area (Å²) in [4.78, 5) is 23.1. The Balaban J connectivity index is 2.23. The number of carboxylic acid groups (broad SMARTS) is 1. The molecule has 2 rings (SSSR count). The van der Waals surface area contributed by atoms with Crippen molar-refractivity contribution in [3.05, 3.63) is 64.7 Å². The minimum absolute atomic E-state index is 0.0434. The highest BCUT2D eigenvalue weighted by Crippen LogP contribution is 2.34. The average Bonchev–Trinajstić information content (AvgIpc) is 2.53. The summed E-state index contributed by atoms with van der Waals surface area (Å²) in [5, 5.41) is 11.7. The number of ether oxygens (including phenoxy) is 1. The fraction of sp³-hybridized carbons (Fsp3) is 0.0588. The first-order chi connectivity index (χ1) is 11.0. The maximum absolute atomic E-state index is 12.0. The first kappa shape index (κ1) is 16.6. The summed E-state index contributed by atoms with van der Waals surface area (Å²) < 4.78 is 5.11. The summed E-state index contributed by atoms with van der Waals surface area (Å²) in [6.07, 6.45) is 2.99. The van der Waals surface area contributed by atoms with Gasteiger partial charge < -0.3 is 15.2 Å². The Kier molecular flexibility index (Phi) is 5.38. The molecule has 2 aromatic carbocycles. The molecule has 2 aromatic rings. The van der Waals surface area contributed by atoms with Crippen LogP contribution < -0.4 is 10.1 Å². The van der Waals surface area contributed by atoms with Crippen LogP contribution >= 0.6 is 11.6 Å². The number of rotatable bonds is 5. The van der Waals surface area contributed by atoms with Gasteiger partial charge in [-0.05, 0) is 23.8 Å². The number of halogens is 1. The number of anilines is 1. The van der Waals surface area contributed by atoms with E-state index in [0.29, 0.717) is 0 Å². The first-order valence-corrected chi connectivity index (χ1v) is 7.04. The molecule has 118 valence electrons. The number of carboxylic acids is 1. The van der Waals surface area contributed by atoms with Crippen molar-refractivity contribution in [3.63, 3.8) is 0 Å². The standard InChI is InChI=1S/C17H14ClNO4/c1-23-16-13(18)9-12(17(21)22)10-14(16)19-15(20)8-7-11-5-3-2-4-6-11/h2-10H,1H3,(H,19,20)(H,21,22)/b8-7+. The summed E-state index contributed by atoms with van der Waals surface area (Å²) in [5.41, 5.74) is 1.02. The Hall–Kier alpha value is -2.79. The molecule has 0 atom stereocenters. The van der Waals surface area contributed by atoms with E-state index in [1.54, 1.807) is 6.08 Å². The summed E-state index contributed by atoms with van der Waals surface area (Å²) in [7, 11) is 1.39. The van der Waals surface area contributed by atoms with E-state index in [2.05, 4.69) is 5.32 Å². The van der Waals surface area contributed by atoms with Gasteiger partial charge in [-0.1, -0.05) is 41.9 Å². The maximum Gasteiger partial charge on any atom is 0.335 e. The summed E-state index contributed by atoms with van der Waals surface area (Å²) in [5.74, 6) is -1.37. The van der Waals surface area contributed by atoms with Crippen LogP contribution in [0.25, 0.3) is 6.08 Å². The molecular weight excluding hydrogens is 318 g/mol. The van der Waals surface area contributed by atoms with Crippen molar-refractivity contribution in [3.8, 4) is 5.75 Å². The fourth-order valence-electron chi connectivity index (χ4n) is 1.93. The van der Waals surface area contributed by atoms with Gasteiger partial charge in [0.25, 0.3) is 0 Å². The van der Waals surface area contributed by atoms with Gasteiger partial charge in [0.05, 0.1) is 23.4 Å². The lowest BCUT2D eigenvalue weighted by atomic mass is 10.1. The number of nitrogens with one attached hydrogen (secondary N) is 1. The van der Waals surface area contributed by atoms with Crippen molar-refractivity contribution in [2.75, 3.05) is 12.4 Å². The van der Waals surface area contributed by atoms with Gasteiger partial charge in [-0.2, -0.15) is 0 Å². The number of amides is 1. The van der Waals surface area contributed by atoms with E-state index >= 15 is 0 Å². The van der Waals surface area contributed by atoms with Crippen LogP contribution in [0.3, 0.4) is 0 Å². The predicted octanol–water partition coefficient (Wildman–Crippen LogP) is 3.70. The normalized spacial score (nSPS) is 10.5. The minimum atomic E-state index is -1.15. The van der Waals surface area contributed by atoms with Crippen LogP contribution in [0.15, 0.2) is 48.5 Å². The van der Waals surface area contributed by atoms with E-state index in [-0.39, 0.29) is 22.0 Å². The monoisotopic (exact) mass is 331 g/mol. The average molecular weight is 332 g/mol. The molecule has 0 aliphatic heterocycles. The number of benzene rings is 2. The number of aromatic carboxylic acids is 1. The highest BCUT2D eigenvalue weighted by molar-refractivity contribution is 6.33. The van der Waals surface area contributed by atoms with E-state index in [9.17, 15) is 9.59 Å². The van der Waals surface area contributed by atoms with Gasteiger partial charge in [-0.3, -0.25) is 4.79 Å². The number of hydrogen-bond acceptors (Lipinski definition) is 3. The molecule has 0 aliphatic carbocycles. The quantitative estimate of drug-likeness (QED) is 0.819. The Morgan fingerprint density at radius 3 is 2.52 bits per heavy atom. The van der Waals surface area contributed by atoms with Crippen LogP contribution in [0.1, 0.15) is 15.9 Å². The summed E-state index contributed by atoms with van der Waals surface area (Å²) >= 11 is 5.98. The van der Waals surface area contributed by atoms with Gasteiger partial charge in [0, 0.05) is 6.08 Å². The number of methoxy groups -OCH3 is 1. The van der Waals surface area contributed by atoms with Crippen molar-refractivity contribution in [1.29, 1.82) is 0 Å². The van der Waals surface area contributed by atoms with Gasteiger partial charge in [0.1, 0.15) is 0 Å². The summed E-state index contributed by atoms with van der Waals surface area (Å²) in [6, 6.07) is 11.9. The maximum atomic E-state index is 12.0. The Morgan fingerprint density at radius 2 is 1.91 bits per heavy atom. The molecule has 0 radical (unpaired) electrons. The molecule has 0 saturated carbocycles. The third-order valence-corrected chi connectivity index (χ3v) is 3.26. The molecule has 0 unspecified atom stereocenters. The van der Waals surface area contributed by atoms with Crippen molar-refractivity contribution in [2.24, 2.45) is 0 Å². The lowest BCUT2D eigenvalue weighted by Crippen LogP contribution is -2.10. The van der Waals surface area contributed by atoms with Crippen LogP contribution in [-0.4, -0.2) is 24.1 Å². The van der Waals surface area contributed by atoms with E-state index in [1.807, 2.05) is 30.3 Å². The van der Waals surface area contributed by atoms with Crippen molar-refractivity contribution in [2.45, 2.75) is 0 Å². The van der Waals surface area contributed by atoms with Crippen molar-refractivity contribution >= 4 is 35.2 Å². The molecule has 0 bridgehead atoms.